The zero-order valence-corrected chi connectivity index (χ0v) is 16.6. The lowest BCUT2D eigenvalue weighted by Gasteiger charge is -2.24. The van der Waals surface area contributed by atoms with Crippen molar-refractivity contribution in [3.63, 3.8) is 0 Å². The molecule has 1 aliphatic carbocycles. The van der Waals surface area contributed by atoms with Crippen LogP contribution in [0.3, 0.4) is 0 Å². The number of carbonyl (C=O) groups is 2. The van der Waals surface area contributed by atoms with Gasteiger partial charge in [0.25, 0.3) is 0 Å². The summed E-state index contributed by atoms with van der Waals surface area (Å²) < 4.78 is 38.0. The molecular weight excluding hydrogens is 383 g/mol. The maximum atomic E-state index is 12.7. The second-order valence-corrected chi connectivity index (χ2v) is 8.16. The van der Waals surface area contributed by atoms with Crippen LogP contribution in [0.2, 0.25) is 0 Å². The lowest BCUT2D eigenvalue weighted by atomic mass is 9.96. The Labute approximate surface area is 169 Å². The average molecular weight is 411 g/mol. The molecule has 2 N–H and O–H groups in total. The Morgan fingerprint density at radius 1 is 1.10 bits per heavy atom. The van der Waals surface area contributed by atoms with Gasteiger partial charge in [0, 0.05) is 44.6 Å². The summed E-state index contributed by atoms with van der Waals surface area (Å²) in [6, 6.07) is 5.41. The number of rotatable bonds is 5. The van der Waals surface area contributed by atoms with Crippen LogP contribution >= 0.6 is 0 Å². The number of nitrogens with zero attached hydrogens (tertiary/aromatic N) is 1. The van der Waals surface area contributed by atoms with Gasteiger partial charge < -0.3 is 15.5 Å². The smallest absolute Gasteiger partial charge is 0.353 e. The van der Waals surface area contributed by atoms with Crippen molar-refractivity contribution in [3.05, 3.63) is 35.4 Å². The number of halogens is 3. The minimum absolute atomic E-state index is 0.0228. The molecule has 1 aromatic rings. The van der Waals surface area contributed by atoms with Crippen molar-refractivity contribution in [2.24, 2.45) is 5.92 Å². The summed E-state index contributed by atoms with van der Waals surface area (Å²) in [7, 11) is 1.73. The van der Waals surface area contributed by atoms with E-state index in [9.17, 15) is 22.8 Å². The van der Waals surface area contributed by atoms with Crippen LogP contribution in [0.5, 0.6) is 0 Å². The normalized spacial score (nSPS) is 23.9. The van der Waals surface area contributed by atoms with Gasteiger partial charge in [0.05, 0.1) is 5.56 Å². The molecule has 0 spiro atoms. The average Bonchev–Trinajstić information content (AvgIpc) is 3.47. The van der Waals surface area contributed by atoms with Gasteiger partial charge in [-0.25, -0.2) is 0 Å². The summed E-state index contributed by atoms with van der Waals surface area (Å²) in [4.78, 5) is 26.5. The first-order valence-corrected chi connectivity index (χ1v) is 10.2. The second kappa shape index (κ2) is 9.15. The van der Waals surface area contributed by atoms with E-state index in [1.807, 2.05) is 0 Å². The summed E-state index contributed by atoms with van der Waals surface area (Å²) in [6.45, 7) is 0.937. The number of benzene rings is 1. The number of hydrogen-bond donors (Lipinski definition) is 2. The van der Waals surface area contributed by atoms with Gasteiger partial charge in [0.15, 0.2) is 0 Å². The first-order chi connectivity index (χ1) is 13.7. The molecule has 1 saturated carbocycles. The lowest BCUT2D eigenvalue weighted by Crippen LogP contribution is -2.42. The molecule has 29 heavy (non-hydrogen) atoms. The third kappa shape index (κ3) is 6.45. The van der Waals surface area contributed by atoms with Crippen molar-refractivity contribution < 1.29 is 22.8 Å². The lowest BCUT2D eigenvalue weighted by molar-refractivity contribution is -0.137. The highest BCUT2D eigenvalue weighted by molar-refractivity contribution is 5.86. The zero-order valence-electron chi connectivity index (χ0n) is 16.6. The summed E-state index contributed by atoms with van der Waals surface area (Å²) in [6.07, 6.45) is 0.191. The highest BCUT2D eigenvalue weighted by Gasteiger charge is 2.31. The van der Waals surface area contributed by atoms with Crippen molar-refractivity contribution >= 4 is 11.8 Å². The van der Waals surface area contributed by atoms with Gasteiger partial charge in [0.2, 0.25) is 11.8 Å². The van der Waals surface area contributed by atoms with E-state index in [1.54, 1.807) is 11.9 Å². The fraction of sp³-hybridized carbons (Fsp3) is 0.619. The van der Waals surface area contributed by atoms with Crippen molar-refractivity contribution in [2.45, 2.75) is 63.3 Å². The molecule has 0 aromatic heterocycles. The van der Waals surface area contributed by atoms with Gasteiger partial charge in [-0.1, -0.05) is 18.6 Å². The predicted molar refractivity (Wildman–Crippen MR) is 103 cm³/mol. The summed E-state index contributed by atoms with van der Waals surface area (Å²) in [5.74, 6) is -0.367. The van der Waals surface area contributed by atoms with E-state index in [-0.39, 0.29) is 36.2 Å². The molecule has 2 amide bonds. The van der Waals surface area contributed by atoms with Crippen LogP contribution in [-0.4, -0.2) is 42.4 Å². The fourth-order valence-electron chi connectivity index (χ4n) is 3.61. The molecular formula is C21H28F3N3O2. The molecule has 1 aromatic carbocycles. The highest BCUT2D eigenvalue weighted by atomic mass is 19.4. The molecule has 0 bridgehead atoms. The summed E-state index contributed by atoms with van der Waals surface area (Å²) in [5.41, 5.74) is 0.0954. The van der Waals surface area contributed by atoms with Crippen LogP contribution in [-0.2, 0) is 22.3 Å². The van der Waals surface area contributed by atoms with Crippen molar-refractivity contribution in [1.82, 2.24) is 15.5 Å². The fourth-order valence-corrected chi connectivity index (χ4v) is 3.61. The quantitative estimate of drug-likeness (QED) is 0.783. The van der Waals surface area contributed by atoms with Crippen LogP contribution < -0.4 is 10.6 Å². The predicted octanol–water partition coefficient (Wildman–Crippen LogP) is 3.09. The van der Waals surface area contributed by atoms with E-state index < -0.39 is 11.7 Å². The van der Waals surface area contributed by atoms with Gasteiger partial charge in [0.1, 0.15) is 0 Å². The summed E-state index contributed by atoms with van der Waals surface area (Å²) in [5, 5.41) is 6.35. The van der Waals surface area contributed by atoms with Crippen LogP contribution in [0.4, 0.5) is 13.2 Å². The molecule has 1 aliphatic heterocycles. The molecule has 0 radical (unpaired) electrons. The Balaban J connectivity index is 1.55. The van der Waals surface area contributed by atoms with Gasteiger partial charge in [-0.2, -0.15) is 13.2 Å². The van der Waals surface area contributed by atoms with Crippen LogP contribution in [0, 0.1) is 5.92 Å². The van der Waals surface area contributed by atoms with Crippen LogP contribution in [0.15, 0.2) is 24.3 Å². The molecule has 3 rings (SSSR count). The number of likely N-dealkylation sites (N-methyl/N-ethyl adjacent to an activating group) is 1. The Kier molecular flexibility index (Phi) is 6.82. The standard InChI is InChI=1S/C21H28F3N3O2/c1-27-13-18(25-12-14-5-7-16(8-6-14)21(22,23)24)4-2-3-15(11-19(27)28)20(29)26-17-9-10-17/h5-8,15,17-18,25H,2-4,9-13H2,1H3,(H,26,29). The number of nitrogens with one attached hydrogen (secondary N) is 2. The Bertz CT molecular complexity index is 717. The molecule has 2 unspecified atom stereocenters. The number of hydrogen-bond acceptors (Lipinski definition) is 3. The number of carbonyl (C=O) groups excluding carboxylic acids is 2. The third-order valence-corrected chi connectivity index (χ3v) is 5.62. The Morgan fingerprint density at radius 2 is 1.79 bits per heavy atom. The minimum Gasteiger partial charge on any atom is -0.353 e. The monoisotopic (exact) mass is 411 g/mol. The maximum Gasteiger partial charge on any atom is 0.416 e. The molecule has 8 heteroatoms. The summed E-state index contributed by atoms with van der Waals surface area (Å²) >= 11 is 0. The van der Waals surface area contributed by atoms with Crippen LogP contribution in [0.25, 0.3) is 0 Å². The number of alkyl halides is 3. The van der Waals surface area contributed by atoms with Crippen molar-refractivity contribution in [1.29, 1.82) is 0 Å². The SMILES string of the molecule is CN1CC(NCc2ccc(C(F)(F)F)cc2)CCCC(C(=O)NC2CC2)CC1=O. The molecule has 160 valence electrons. The minimum atomic E-state index is -4.34. The van der Waals surface area contributed by atoms with E-state index in [4.69, 9.17) is 0 Å². The van der Waals surface area contributed by atoms with E-state index in [0.29, 0.717) is 19.5 Å². The van der Waals surface area contributed by atoms with Gasteiger partial charge >= 0.3 is 6.18 Å². The third-order valence-electron chi connectivity index (χ3n) is 5.62. The Morgan fingerprint density at radius 3 is 2.41 bits per heavy atom. The first-order valence-electron chi connectivity index (χ1n) is 10.2. The van der Waals surface area contributed by atoms with Gasteiger partial charge in [-0.05, 0) is 43.4 Å². The van der Waals surface area contributed by atoms with Crippen molar-refractivity contribution in [3.8, 4) is 0 Å². The first kappa shape index (κ1) is 21.6. The highest BCUT2D eigenvalue weighted by Crippen LogP contribution is 2.29. The Hall–Kier alpha value is -2.09. The molecule has 2 atom stereocenters. The largest absolute Gasteiger partial charge is 0.416 e. The maximum absolute atomic E-state index is 12.7. The molecule has 1 heterocycles. The van der Waals surface area contributed by atoms with Crippen molar-refractivity contribution in [2.75, 3.05) is 13.6 Å². The topological polar surface area (TPSA) is 61.4 Å². The van der Waals surface area contributed by atoms with Gasteiger partial charge in [-0.15, -0.1) is 0 Å². The second-order valence-electron chi connectivity index (χ2n) is 8.16. The number of amides is 2. The molecule has 5 nitrogen and oxygen atoms in total. The van der Waals surface area contributed by atoms with E-state index in [1.165, 1.54) is 12.1 Å². The van der Waals surface area contributed by atoms with E-state index in [0.717, 1.165) is 43.4 Å². The van der Waals surface area contributed by atoms with Crippen LogP contribution in [0.1, 0.15) is 49.7 Å². The molecule has 1 saturated heterocycles. The van der Waals surface area contributed by atoms with E-state index >= 15 is 0 Å². The van der Waals surface area contributed by atoms with Gasteiger partial charge in [-0.3, -0.25) is 9.59 Å². The zero-order chi connectivity index (χ0) is 21.0. The molecule has 2 fully saturated rings. The molecule has 2 aliphatic rings. The van der Waals surface area contributed by atoms with E-state index in [2.05, 4.69) is 10.6 Å².